The summed E-state index contributed by atoms with van der Waals surface area (Å²) in [5.74, 6) is -0.280. The van der Waals surface area contributed by atoms with Crippen LogP contribution in [0.1, 0.15) is 24.0 Å². The Labute approximate surface area is 180 Å². The molecule has 0 bridgehead atoms. The van der Waals surface area contributed by atoms with Gasteiger partial charge in [0.2, 0.25) is 5.91 Å². The van der Waals surface area contributed by atoms with Gasteiger partial charge < -0.3 is 15.1 Å². The molecule has 158 valence electrons. The lowest BCUT2D eigenvalue weighted by Crippen LogP contribution is -2.61. The normalized spacial score (nSPS) is 22.2. The Morgan fingerprint density at radius 1 is 1.16 bits per heavy atom. The summed E-state index contributed by atoms with van der Waals surface area (Å²) in [5, 5.41) is 23.9. The second-order valence-corrected chi connectivity index (χ2v) is 8.50. The number of anilines is 2. The fraction of sp³-hybridized carbons (Fsp3) is 0.391. The van der Waals surface area contributed by atoms with Crippen molar-refractivity contribution in [3.63, 3.8) is 0 Å². The van der Waals surface area contributed by atoms with Gasteiger partial charge in [-0.2, -0.15) is 5.26 Å². The zero-order valence-corrected chi connectivity index (χ0v) is 17.0. The van der Waals surface area contributed by atoms with Crippen LogP contribution in [0.15, 0.2) is 42.5 Å². The first-order valence-electron chi connectivity index (χ1n) is 10.6. The molecule has 1 saturated carbocycles. The third-order valence-electron chi connectivity index (χ3n) is 6.53. The quantitative estimate of drug-likeness (QED) is 0.606. The summed E-state index contributed by atoms with van der Waals surface area (Å²) in [6.07, 6.45) is 2.50. The monoisotopic (exact) mass is 417 g/mol. The molecule has 1 amide bonds. The maximum absolute atomic E-state index is 13.2. The van der Waals surface area contributed by atoms with Gasteiger partial charge in [-0.25, -0.2) is 0 Å². The summed E-state index contributed by atoms with van der Waals surface area (Å²) < 4.78 is 0. The van der Waals surface area contributed by atoms with E-state index in [-0.39, 0.29) is 34.5 Å². The molecule has 5 rings (SSSR count). The molecular weight excluding hydrogens is 394 g/mol. The predicted molar refractivity (Wildman–Crippen MR) is 116 cm³/mol. The molecule has 31 heavy (non-hydrogen) atoms. The number of carbonyl (C=O) groups is 1. The number of amides is 1. The number of nitriles is 1. The van der Waals surface area contributed by atoms with Crippen LogP contribution in [0, 0.1) is 27.4 Å². The van der Waals surface area contributed by atoms with E-state index in [2.05, 4.69) is 21.2 Å². The van der Waals surface area contributed by atoms with Crippen molar-refractivity contribution in [3.05, 3.63) is 63.7 Å². The highest BCUT2D eigenvalue weighted by atomic mass is 16.6. The largest absolute Gasteiger partial charge is 0.367 e. The van der Waals surface area contributed by atoms with Crippen molar-refractivity contribution in [2.24, 2.45) is 5.92 Å². The van der Waals surface area contributed by atoms with Crippen molar-refractivity contribution < 1.29 is 9.72 Å². The van der Waals surface area contributed by atoms with Crippen LogP contribution in [0.25, 0.3) is 0 Å². The number of rotatable bonds is 4. The molecule has 0 unspecified atom stereocenters. The minimum Gasteiger partial charge on any atom is -0.367 e. The van der Waals surface area contributed by atoms with Gasteiger partial charge in [0.05, 0.1) is 28.1 Å². The highest BCUT2D eigenvalue weighted by molar-refractivity contribution is 5.83. The minimum atomic E-state index is -0.387. The van der Waals surface area contributed by atoms with E-state index < -0.39 is 0 Å². The van der Waals surface area contributed by atoms with Gasteiger partial charge in [0.1, 0.15) is 6.07 Å². The smallest absolute Gasteiger partial charge is 0.269 e. The highest BCUT2D eigenvalue weighted by Gasteiger charge is 2.43. The summed E-state index contributed by atoms with van der Waals surface area (Å²) in [5.41, 5.74) is 3.40. The Kier molecular flexibility index (Phi) is 4.74. The molecule has 3 aliphatic rings. The van der Waals surface area contributed by atoms with Crippen molar-refractivity contribution in [3.8, 4) is 6.07 Å². The number of fused-ring (bicyclic) bond motifs is 3. The molecule has 2 aliphatic heterocycles. The molecule has 2 atom stereocenters. The van der Waals surface area contributed by atoms with Crippen molar-refractivity contribution in [2.45, 2.75) is 31.3 Å². The van der Waals surface area contributed by atoms with Crippen molar-refractivity contribution in [2.75, 3.05) is 29.4 Å². The lowest BCUT2D eigenvalue weighted by atomic mass is 9.83. The predicted octanol–water partition coefficient (Wildman–Crippen LogP) is 2.61. The number of hydrogen-bond acceptors (Lipinski definition) is 6. The number of para-hydroxylation sites is 1. The van der Waals surface area contributed by atoms with Gasteiger partial charge in [0.25, 0.3) is 5.69 Å². The number of nitrogens with zero attached hydrogens (tertiary/aromatic N) is 4. The molecule has 0 spiro atoms. The molecule has 2 aromatic carbocycles. The van der Waals surface area contributed by atoms with E-state index in [9.17, 15) is 20.2 Å². The van der Waals surface area contributed by atoms with E-state index in [0.29, 0.717) is 31.6 Å². The second kappa shape index (κ2) is 7.58. The van der Waals surface area contributed by atoms with E-state index in [4.69, 9.17) is 0 Å². The van der Waals surface area contributed by atoms with Crippen molar-refractivity contribution >= 4 is 23.0 Å². The summed E-state index contributed by atoms with van der Waals surface area (Å²) in [7, 11) is 0. The van der Waals surface area contributed by atoms with E-state index in [1.807, 2.05) is 30.3 Å². The van der Waals surface area contributed by atoms with E-state index in [0.717, 1.165) is 29.8 Å². The zero-order chi connectivity index (χ0) is 21.5. The van der Waals surface area contributed by atoms with Crippen LogP contribution in [-0.4, -0.2) is 42.5 Å². The number of nitrogens with one attached hydrogen (secondary N) is 1. The number of nitro groups is 1. The lowest BCUT2D eigenvalue weighted by molar-refractivity contribution is -0.384. The first-order valence-corrected chi connectivity index (χ1v) is 10.6. The number of benzene rings is 2. The van der Waals surface area contributed by atoms with E-state index in [1.54, 1.807) is 6.07 Å². The maximum atomic E-state index is 13.2. The fourth-order valence-electron chi connectivity index (χ4n) is 4.82. The standard InChI is InChI=1S/C23H23N5O3/c24-13-15-3-1-2-4-20(15)26-9-10-27-21-8-7-18(28(30)31)11-16(21)12-19(22(27)14-26)23(29)25-17-5-6-17/h1-4,7-8,11,17,19,22H,5-6,9-10,12,14H2,(H,25,29)/t19-,22-/m1/s1. The Bertz CT molecular complexity index is 1090. The van der Waals surface area contributed by atoms with Crippen molar-refractivity contribution in [1.29, 1.82) is 5.26 Å². The Morgan fingerprint density at radius 2 is 1.97 bits per heavy atom. The molecule has 1 N–H and O–H groups in total. The van der Waals surface area contributed by atoms with Gasteiger partial charge in [0, 0.05) is 43.5 Å². The Balaban J connectivity index is 1.49. The molecule has 1 aliphatic carbocycles. The first-order chi connectivity index (χ1) is 15.0. The maximum Gasteiger partial charge on any atom is 0.269 e. The van der Waals surface area contributed by atoms with Gasteiger partial charge in [0.15, 0.2) is 0 Å². The number of nitro benzene ring substituents is 1. The summed E-state index contributed by atoms with van der Waals surface area (Å²) in [4.78, 5) is 28.5. The van der Waals surface area contributed by atoms with Crippen LogP contribution < -0.4 is 15.1 Å². The number of piperazine rings is 1. The number of carbonyl (C=O) groups excluding carboxylic acids is 1. The molecule has 8 heteroatoms. The molecule has 2 fully saturated rings. The highest BCUT2D eigenvalue weighted by Crippen LogP contribution is 2.39. The summed E-state index contributed by atoms with van der Waals surface area (Å²) in [6, 6.07) is 15.0. The third kappa shape index (κ3) is 3.56. The van der Waals surface area contributed by atoms with Gasteiger partial charge in [-0.3, -0.25) is 14.9 Å². The van der Waals surface area contributed by atoms with Crippen LogP contribution >= 0.6 is 0 Å². The molecular formula is C23H23N5O3. The Morgan fingerprint density at radius 3 is 2.71 bits per heavy atom. The Hall–Kier alpha value is -3.60. The lowest BCUT2D eigenvalue weighted by Gasteiger charge is -2.49. The first kappa shape index (κ1) is 19.4. The van der Waals surface area contributed by atoms with E-state index >= 15 is 0 Å². The molecule has 0 aromatic heterocycles. The molecule has 8 nitrogen and oxygen atoms in total. The molecule has 0 radical (unpaired) electrons. The molecule has 2 aromatic rings. The topological polar surface area (TPSA) is 103 Å². The average molecular weight is 417 g/mol. The SMILES string of the molecule is N#Cc1ccccc1N1CCN2c3ccc([N+](=O)[O-])cc3C[C@@H](C(=O)NC3CC3)[C@H]2C1. The second-order valence-electron chi connectivity index (χ2n) is 8.50. The number of non-ortho nitro benzene ring substituents is 1. The minimum absolute atomic E-state index is 0.0186. The van der Waals surface area contributed by atoms with Crippen LogP contribution in [-0.2, 0) is 11.2 Å². The zero-order valence-electron chi connectivity index (χ0n) is 17.0. The van der Waals surface area contributed by atoms with Crippen LogP contribution in [0.2, 0.25) is 0 Å². The molecule has 2 heterocycles. The van der Waals surface area contributed by atoms with Gasteiger partial charge in [-0.1, -0.05) is 12.1 Å². The van der Waals surface area contributed by atoms with Crippen LogP contribution in [0.4, 0.5) is 17.1 Å². The van der Waals surface area contributed by atoms with Crippen molar-refractivity contribution in [1.82, 2.24) is 5.32 Å². The van der Waals surface area contributed by atoms with Crippen LogP contribution in [0.5, 0.6) is 0 Å². The van der Waals surface area contributed by atoms with Crippen LogP contribution in [0.3, 0.4) is 0 Å². The number of hydrogen-bond donors (Lipinski definition) is 1. The fourth-order valence-corrected chi connectivity index (χ4v) is 4.82. The van der Waals surface area contributed by atoms with Gasteiger partial charge >= 0.3 is 0 Å². The third-order valence-corrected chi connectivity index (χ3v) is 6.53. The average Bonchev–Trinajstić information content (AvgIpc) is 3.61. The summed E-state index contributed by atoms with van der Waals surface area (Å²) in [6.45, 7) is 2.02. The van der Waals surface area contributed by atoms with E-state index in [1.165, 1.54) is 6.07 Å². The molecule has 1 saturated heterocycles. The van der Waals surface area contributed by atoms with Gasteiger partial charge in [-0.05, 0) is 43.0 Å². The van der Waals surface area contributed by atoms with Gasteiger partial charge in [-0.15, -0.1) is 0 Å². The summed E-state index contributed by atoms with van der Waals surface area (Å²) >= 11 is 0.